The molecule has 9 heavy (non-hydrogen) atoms. The smallest absolute Gasteiger partial charge is 0.213 e. The van der Waals surface area contributed by atoms with Gasteiger partial charge in [0.25, 0.3) is 0 Å². The zero-order chi connectivity index (χ0) is 6.74. The van der Waals surface area contributed by atoms with E-state index in [0.717, 1.165) is 5.75 Å². The lowest BCUT2D eigenvalue weighted by Crippen LogP contribution is -2.03. The maximum Gasteiger partial charge on any atom is 0.213 e. The summed E-state index contributed by atoms with van der Waals surface area (Å²) in [5, 5.41) is 2.51. The Bertz CT molecular complexity index is 152. The van der Waals surface area contributed by atoms with Gasteiger partial charge in [0.05, 0.1) is 6.61 Å². The molecule has 1 unspecified atom stereocenters. The molecule has 0 aromatic heterocycles. The van der Waals surface area contributed by atoms with Crippen LogP contribution in [0.4, 0.5) is 0 Å². The first kappa shape index (κ1) is 7.54. The van der Waals surface area contributed by atoms with Gasteiger partial charge < -0.3 is 9.61 Å². The molecule has 1 atom stereocenters. The molecule has 6 heteroatoms. The molecule has 3 nitrogen and oxygen atoms in total. The van der Waals surface area contributed by atoms with Gasteiger partial charge in [0.2, 0.25) is 12.0 Å². The van der Waals surface area contributed by atoms with Crippen molar-refractivity contribution in [2.45, 2.75) is 0 Å². The van der Waals surface area contributed by atoms with E-state index < -0.39 is 5.62 Å². The van der Waals surface area contributed by atoms with Crippen LogP contribution < -0.4 is 5.09 Å². The highest BCUT2D eigenvalue weighted by atomic mass is 32.9. The van der Waals surface area contributed by atoms with Crippen LogP contribution in [0.1, 0.15) is 0 Å². The first-order chi connectivity index (χ1) is 4.27. The Hall–Kier alpha value is 0.430. The fourth-order valence-corrected chi connectivity index (χ4v) is 4.47. The molecule has 0 saturated carbocycles. The van der Waals surface area contributed by atoms with E-state index in [1.165, 1.54) is 11.4 Å². The number of nitrogens with one attached hydrogen (secondary N) is 1. The molecular formula is C3H6NO2PS2. The molecule has 1 amide bonds. The maximum atomic E-state index is 9.92. The van der Waals surface area contributed by atoms with Crippen LogP contribution in [0.3, 0.4) is 0 Å². The molecule has 1 N–H and O–H groups in total. The molecule has 1 aliphatic rings. The van der Waals surface area contributed by atoms with Crippen molar-refractivity contribution in [3.05, 3.63) is 0 Å². The van der Waals surface area contributed by atoms with Gasteiger partial charge in [-0.05, 0) is 11.8 Å². The molecule has 52 valence electrons. The van der Waals surface area contributed by atoms with E-state index >= 15 is 0 Å². The SMILES string of the molecule is O=CNP1(=S)OCCS1. The van der Waals surface area contributed by atoms with Gasteiger partial charge in [-0.2, -0.15) is 0 Å². The molecule has 0 aromatic rings. The lowest BCUT2D eigenvalue weighted by Gasteiger charge is -2.09. The van der Waals surface area contributed by atoms with E-state index in [9.17, 15) is 4.79 Å². The molecule has 1 rings (SSSR count). The lowest BCUT2D eigenvalue weighted by atomic mass is 10.9. The Balaban J connectivity index is 2.51. The zero-order valence-electron chi connectivity index (χ0n) is 4.57. The van der Waals surface area contributed by atoms with Crippen molar-refractivity contribution in [2.24, 2.45) is 0 Å². The van der Waals surface area contributed by atoms with E-state index in [4.69, 9.17) is 16.3 Å². The number of rotatable bonds is 2. The Kier molecular flexibility index (Phi) is 2.52. The van der Waals surface area contributed by atoms with Gasteiger partial charge in [-0.15, -0.1) is 0 Å². The van der Waals surface area contributed by atoms with Crippen molar-refractivity contribution >= 4 is 35.2 Å². The average Bonchev–Trinajstić information content (AvgIpc) is 2.16. The Morgan fingerprint density at radius 2 is 2.67 bits per heavy atom. The van der Waals surface area contributed by atoms with Crippen molar-refractivity contribution in [2.75, 3.05) is 12.4 Å². The van der Waals surface area contributed by atoms with E-state index in [1.807, 2.05) is 0 Å². The molecular weight excluding hydrogens is 177 g/mol. The third kappa shape index (κ3) is 1.93. The molecule has 1 saturated heterocycles. The van der Waals surface area contributed by atoms with Crippen LogP contribution in [-0.2, 0) is 21.1 Å². The predicted molar refractivity (Wildman–Crippen MR) is 41.9 cm³/mol. The molecule has 0 aliphatic carbocycles. The summed E-state index contributed by atoms with van der Waals surface area (Å²) in [5.74, 6) is 0.901. The maximum absolute atomic E-state index is 9.92. The summed E-state index contributed by atoms with van der Waals surface area (Å²) >= 11 is 6.51. The summed E-state index contributed by atoms with van der Waals surface area (Å²) in [6.07, 6.45) is 0.610. The van der Waals surface area contributed by atoms with Crippen LogP contribution in [0.5, 0.6) is 0 Å². The molecule has 0 radical (unpaired) electrons. The molecule has 0 aromatic carbocycles. The van der Waals surface area contributed by atoms with Crippen molar-refractivity contribution < 1.29 is 9.32 Å². The van der Waals surface area contributed by atoms with Gasteiger partial charge in [-0.3, -0.25) is 4.79 Å². The fourth-order valence-electron chi connectivity index (χ4n) is 0.491. The summed E-state index contributed by atoms with van der Waals surface area (Å²) in [6, 6.07) is 0. The van der Waals surface area contributed by atoms with Gasteiger partial charge in [0, 0.05) is 5.75 Å². The molecule has 0 spiro atoms. The Morgan fingerprint density at radius 3 is 3.11 bits per heavy atom. The van der Waals surface area contributed by atoms with Crippen molar-refractivity contribution in [1.82, 2.24) is 5.09 Å². The highest BCUT2D eigenvalue weighted by Crippen LogP contribution is 2.59. The first-order valence-electron chi connectivity index (χ1n) is 2.37. The van der Waals surface area contributed by atoms with Gasteiger partial charge in [0.15, 0.2) is 0 Å². The topological polar surface area (TPSA) is 38.3 Å². The fraction of sp³-hybridized carbons (Fsp3) is 0.667. The highest BCUT2D eigenvalue weighted by molar-refractivity contribution is 8.69. The minimum atomic E-state index is -1.94. The van der Waals surface area contributed by atoms with Gasteiger partial charge in [0.1, 0.15) is 0 Å². The van der Waals surface area contributed by atoms with Crippen LogP contribution in [0.15, 0.2) is 0 Å². The first-order valence-corrected chi connectivity index (χ1v) is 6.68. The van der Waals surface area contributed by atoms with Crippen LogP contribution in [-0.4, -0.2) is 18.8 Å². The van der Waals surface area contributed by atoms with Crippen molar-refractivity contribution in [3.8, 4) is 0 Å². The molecule has 1 fully saturated rings. The van der Waals surface area contributed by atoms with E-state index in [0.29, 0.717) is 13.0 Å². The standard InChI is InChI=1S/C3H6NO2PS2/c5-3-4-7(8)6-1-2-9-7/h3H,1-2H2,(H,4,5,8). The predicted octanol–water partition coefficient (Wildman–Crippen LogP) is 0.720. The second-order valence-electron chi connectivity index (χ2n) is 1.41. The molecule has 0 bridgehead atoms. The highest BCUT2D eigenvalue weighted by Gasteiger charge is 2.22. The second kappa shape index (κ2) is 3.01. The Labute approximate surface area is 62.4 Å². The monoisotopic (exact) mass is 183 g/mol. The summed E-state index contributed by atoms with van der Waals surface area (Å²) in [6.45, 7) is 0.669. The van der Waals surface area contributed by atoms with Gasteiger partial charge in [-0.1, -0.05) is 11.4 Å². The van der Waals surface area contributed by atoms with E-state index in [2.05, 4.69) is 5.09 Å². The average molecular weight is 183 g/mol. The number of hydrogen-bond donors (Lipinski definition) is 1. The molecule has 1 aliphatic heterocycles. The summed E-state index contributed by atoms with van der Waals surface area (Å²) < 4.78 is 5.13. The largest absolute Gasteiger partial charge is 0.326 e. The number of carbonyl (C=O) groups excluding carboxylic acids is 1. The third-order valence-electron chi connectivity index (χ3n) is 0.817. The summed E-state index contributed by atoms with van der Waals surface area (Å²) in [5.41, 5.74) is -1.94. The third-order valence-corrected chi connectivity index (χ3v) is 6.23. The number of hydrogen-bond acceptors (Lipinski definition) is 4. The van der Waals surface area contributed by atoms with E-state index in [-0.39, 0.29) is 0 Å². The quantitative estimate of drug-likeness (QED) is 0.505. The summed E-state index contributed by atoms with van der Waals surface area (Å²) in [4.78, 5) is 9.92. The Morgan fingerprint density at radius 1 is 1.89 bits per heavy atom. The lowest BCUT2D eigenvalue weighted by molar-refractivity contribution is -0.108. The second-order valence-corrected chi connectivity index (χ2v) is 8.14. The summed E-state index contributed by atoms with van der Waals surface area (Å²) in [7, 11) is 0. The van der Waals surface area contributed by atoms with Gasteiger partial charge in [-0.25, -0.2) is 0 Å². The normalized spacial score (nSPS) is 34.2. The molecule has 1 heterocycles. The minimum Gasteiger partial charge on any atom is -0.326 e. The van der Waals surface area contributed by atoms with Crippen LogP contribution in [0, 0.1) is 0 Å². The number of amides is 1. The number of carbonyl (C=O) groups is 1. The zero-order valence-corrected chi connectivity index (χ0v) is 7.10. The van der Waals surface area contributed by atoms with E-state index in [1.54, 1.807) is 0 Å². The van der Waals surface area contributed by atoms with Gasteiger partial charge >= 0.3 is 0 Å². The minimum absolute atomic E-state index is 0.610. The van der Waals surface area contributed by atoms with Crippen LogP contribution in [0.2, 0.25) is 0 Å². The van der Waals surface area contributed by atoms with Crippen LogP contribution >= 0.6 is 17.0 Å². The van der Waals surface area contributed by atoms with Crippen molar-refractivity contribution in [1.29, 1.82) is 0 Å². The van der Waals surface area contributed by atoms with Crippen molar-refractivity contribution in [3.63, 3.8) is 0 Å². The van der Waals surface area contributed by atoms with Crippen LogP contribution in [0.25, 0.3) is 0 Å².